The number of methoxy groups -OCH3 is 1. The molecule has 4 nitrogen and oxygen atoms in total. The van der Waals surface area contributed by atoms with Crippen LogP contribution in [-0.4, -0.2) is 18.8 Å². The molecule has 0 spiro atoms. The van der Waals surface area contributed by atoms with Crippen LogP contribution in [0.15, 0.2) is 72.8 Å². The van der Waals surface area contributed by atoms with Crippen molar-refractivity contribution in [2.45, 2.75) is 19.9 Å². The molecule has 0 unspecified atom stereocenters. The Balaban J connectivity index is 1.70. The predicted molar refractivity (Wildman–Crippen MR) is 110 cm³/mol. The van der Waals surface area contributed by atoms with Crippen LogP contribution in [0.5, 0.6) is 5.75 Å². The molecule has 1 N–H and O–H groups in total. The van der Waals surface area contributed by atoms with E-state index in [1.807, 2.05) is 49.4 Å². The van der Waals surface area contributed by atoms with E-state index < -0.39 is 0 Å². The third-order valence-corrected chi connectivity index (χ3v) is 4.60. The standard InChI is InChI=1S/C24H23NO3/c1-17-7-9-18(10-8-17)16-25-24(27)22-6-4-3-5-20(22)15-23(26)19-11-13-21(28-2)14-12-19/h3-14H,15-16H2,1-2H3,(H,25,27). The Kier molecular flexibility index (Phi) is 6.22. The highest BCUT2D eigenvalue weighted by atomic mass is 16.5. The fourth-order valence-electron chi connectivity index (χ4n) is 2.93. The van der Waals surface area contributed by atoms with Crippen LogP contribution in [0.1, 0.15) is 37.4 Å². The van der Waals surface area contributed by atoms with Crippen molar-refractivity contribution < 1.29 is 14.3 Å². The Bertz CT molecular complexity index is 960. The summed E-state index contributed by atoms with van der Waals surface area (Å²) in [6.45, 7) is 2.47. The number of Topliss-reactive ketones (excluding diaryl/α,β-unsaturated/α-hetero) is 1. The van der Waals surface area contributed by atoms with Gasteiger partial charge < -0.3 is 10.1 Å². The summed E-state index contributed by atoms with van der Waals surface area (Å²) in [7, 11) is 1.59. The average molecular weight is 373 g/mol. The first-order chi connectivity index (χ1) is 13.6. The number of hydrogen-bond acceptors (Lipinski definition) is 3. The molecule has 0 aromatic heterocycles. The van der Waals surface area contributed by atoms with Crippen molar-refractivity contribution >= 4 is 11.7 Å². The largest absolute Gasteiger partial charge is 0.497 e. The number of carbonyl (C=O) groups excluding carboxylic acids is 2. The lowest BCUT2D eigenvalue weighted by atomic mass is 9.98. The summed E-state index contributed by atoms with van der Waals surface area (Å²) >= 11 is 0. The van der Waals surface area contributed by atoms with Gasteiger partial charge in [0, 0.05) is 24.1 Å². The summed E-state index contributed by atoms with van der Waals surface area (Å²) in [5.41, 5.74) is 4.04. The highest BCUT2D eigenvalue weighted by molar-refractivity contribution is 6.01. The summed E-state index contributed by atoms with van der Waals surface area (Å²) < 4.78 is 5.12. The molecular weight excluding hydrogens is 350 g/mol. The number of amides is 1. The molecule has 3 aromatic rings. The van der Waals surface area contributed by atoms with Crippen molar-refractivity contribution in [3.05, 3.63) is 101 Å². The second-order valence-electron chi connectivity index (χ2n) is 6.65. The van der Waals surface area contributed by atoms with Crippen molar-refractivity contribution in [1.82, 2.24) is 5.32 Å². The highest BCUT2D eigenvalue weighted by Gasteiger charge is 2.15. The number of carbonyl (C=O) groups is 2. The Hall–Kier alpha value is -3.40. The molecule has 0 heterocycles. The fraction of sp³-hybridized carbons (Fsp3) is 0.167. The van der Waals surface area contributed by atoms with Gasteiger partial charge in [0.2, 0.25) is 0 Å². The Labute approximate surface area is 165 Å². The van der Waals surface area contributed by atoms with E-state index in [0.717, 1.165) is 5.56 Å². The van der Waals surface area contributed by atoms with E-state index in [1.165, 1.54) is 5.56 Å². The zero-order valence-electron chi connectivity index (χ0n) is 16.1. The van der Waals surface area contributed by atoms with Crippen LogP contribution in [-0.2, 0) is 13.0 Å². The molecule has 0 saturated carbocycles. The molecule has 142 valence electrons. The monoisotopic (exact) mass is 373 g/mol. The maximum atomic E-state index is 12.7. The molecule has 4 heteroatoms. The van der Waals surface area contributed by atoms with Gasteiger partial charge in [0.15, 0.2) is 5.78 Å². The van der Waals surface area contributed by atoms with Gasteiger partial charge >= 0.3 is 0 Å². The summed E-state index contributed by atoms with van der Waals surface area (Å²) in [5, 5.41) is 2.94. The SMILES string of the molecule is COc1ccc(C(=O)Cc2ccccc2C(=O)NCc2ccc(C)cc2)cc1. The van der Waals surface area contributed by atoms with Crippen molar-refractivity contribution in [2.75, 3.05) is 7.11 Å². The van der Waals surface area contributed by atoms with Crippen LogP contribution in [0.3, 0.4) is 0 Å². The number of nitrogens with one attached hydrogen (secondary N) is 1. The lowest BCUT2D eigenvalue weighted by Gasteiger charge is -2.10. The average Bonchev–Trinajstić information content (AvgIpc) is 2.73. The van der Waals surface area contributed by atoms with Gasteiger partial charge in [-0.3, -0.25) is 9.59 Å². The van der Waals surface area contributed by atoms with Crippen molar-refractivity contribution in [1.29, 1.82) is 0 Å². The van der Waals surface area contributed by atoms with Crippen LogP contribution in [0.4, 0.5) is 0 Å². The van der Waals surface area contributed by atoms with Gasteiger partial charge in [0.25, 0.3) is 5.91 Å². The molecule has 0 aliphatic heterocycles. The van der Waals surface area contributed by atoms with Crippen LogP contribution in [0.2, 0.25) is 0 Å². The fourth-order valence-corrected chi connectivity index (χ4v) is 2.93. The number of ether oxygens (including phenoxy) is 1. The smallest absolute Gasteiger partial charge is 0.251 e. The Morgan fingerprint density at radius 2 is 1.57 bits per heavy atom. The number of ketones is 1. The van der Waals surface area contributed by atoms with Crippen molar-refractivity contribution in [2.24, 2.45) is 0 Å². The number of aryl methyl sites for hydroxylation is 1. The predicted octanol–water partition coefficient (Wildman–Crippen LogP) is 4.36. The number of hydrogen-bond donors (Lipinski definition) is 1. The minimum Gasteiger partial charge on any atom is -0.497 e. The van der Waals surface area contributed by atoms with E-state index in [0.29, 0.717) is 29.0 Å². The quantitative estimate of drug-likeness (QED) is 0.626. The second-order valence-corrected chi connectivity index (χ2v) is 6.65. The number of benzene rings is 3. The molecule has 28 heavy (non-hydrogen) atoms. The summed E-state index contributed by atoms with van der Waals surface area (Å²) in [4.78, 5) is 25.3. The number of rotatable bonds is 7. The third kappa shape index (κ3) is 4.86. The molecule has 0 fully saturated rings. The molecule has 1 amide bonds. The lowest BCUT2D eigenvalue weighted by Crippen LogP contribution is -2.24. The van der Waals surface area contributed by atoms with Gasteiger partial charge in [0.1, 0.15) is 5.75 Å². The van der Waals surface area contributed by atoms with Crippen LogP contribution < -0.4 is 10.1 Å². The van der Waals surface area contributed by atoms with E-state index in [-0.39, 0.29) is 18.1 Å². The minimum atomic E-state index is -0.182. The molecule has 0 bridgehead atoms. The summed E-state index contributed by atoms with van der Waals surface area (Å²) in [5.74, 6) is 0.479. The zero-order valence-corrected chi connectivity index (χ0v) is 16.1. The Morgan fingerprint density at radius 1 is 0.893 bits per heavy atom. The van der Waals surface area contributed by atoms with Gasteiger partial charge in [-0.15, -0.1) is 0 Å². The second kappa shape index (κ2) is 9.00. The van der Waals surface area contributed by atoms with Crippen LogP contribution in [0, 0.1) is 6.92 Å². The zero-order chi connectivity index (χ0) is 19.9. The van der Waals surface area contributed by atoms with Gasteiger partial charge in [-0.05, 0) is 48.4 Å². The summed E-state index contributed by atoms with van der Waals surface area (Å²) in [6.07, 6.45) is 0.167. The molecule has 0 aliphatic rings. The maximum absolute atomic E-state index is 12.7. The highest BCUT2D eigenvalue weighted by Crippen LogP contribution is 2.16. The topological polar surface area (TPSA) is 55.4 Å². The first-order valence-corrected chi connectivity index (χ1v) is 9.15. The van der Waals surface area contributed by atoms with E-state index >= 15 is 0 Å². The van der Waals surface area contributed by atoms with Crippen molar-refractivity contribution in [3.8, 4) is 5.75 Å². The van der Waals surface area contributed by atoms with Gasteiger partial charge in [-0.1, -0.05) is 48.0 Å². The van der Waals surface area contributed by atoms with Gasteiger partial charge in [-0.25, -0.2) is 0 Å². The van der Waals surface area contributed by atoms with E-state index in [1.54, 1.807) is 37.4 Å². The molecular formula is C24H23NO3. The van der Waals surface area contributed by atoms with E-state index in [9.17, 15) is 9.59 Å². The first-order valence-electron chi connectivity index (χ1n) is 9.15. The van der Waals surface area contributed by atoms with E-state index in [2.05, 4.69) is 5.32 Å². The van der Waals surface area contributed by atoms with Crippen molar-refractivity contribution in [3.63, 3.8) is 0 Å². The summed E-state index contributed by atoms with van der Waals surface area (Å²) in [6, 6.07) is 22.2. The molecule has 0 radical (unpaired) electrons. The minimum absolute atomic E-state index is 0.0403. The first kappa shape index (κ1) is 19.4. The molecule has 3 rings (SSSR count). The molecule has 0 atom stereocenters. The van der Waals surface area contributed by atoms with Gasteiger partial charge in [0.05, 0.1) is 7.11 Å². The van der Waals surface area contributed by atoms with Crippen LogP contribution >= 0.6 is 0 Å². The normalized spacial score (nSPS) is 10.4. The molecule has 0 aliphatic carbocycles. The Morgan fingerprint density at radius 3 is 2.25 bits per heavy atom. The molecule has 3 aromatic carbocycles. The maximum Gasteiger partial charge on any atom is 0.251 e. The van der Waals surface area contributed by atoms with Gasteiger partial charge in [-0.2, -0.15) is 0 Å². The molecule has 0 saturated heterocycles. The third-order valence-electron chi connectivity index (χ3n) is 4.60. The van der Waals surface area contributed by atoms with E-state index in [4.69, 9.17) is 4.74 Å². The van der Waals surface area contributed by atoms with Crippen LogP contribution in [0.25, 0.3) is 0 Å². The lowest BCUT2D eigenvalue weighted by molar-refractivity contribution is 0.0950.